The molecule has 0 spiro atoms. The van der Waals surface area contributed by atoms with Gasteiger partial charge in [-0.15, -0.1) is 0 Å². The van der Waals surface area contributed by atoms with Crippen molar-refractivity contribution in [2.24, 2.45) is 0 Å². The molecule has 0 aliphatic carbocycles. The molecule has 2 aromatic carbocycles. The van der Waals surface area contributed by atoms with Gasteiger partial charge in [-0.05, 0) is 53.9 Å². The van der Waals surface area contributed by atoms with E-state index in [1.54, 1.807) is 35.4 Å². The van der Waals surface area contributed by atoms with Gasteiger partial charge in [0.25, 0.3) is 5.91 Å². The lowest BCUT2D eigenvalue weighted by atomic mass is 9.98. The van der Waals surface area contributed by atoms with E-state index in [0.29, 0.717) is 40.4 Å². The van der Waals surface area contributed by atoms with Gasteiger partial charge in [-0.3, -0.25) is 9.78 Å². The highest BCUT2D eigenvalue weighted by Gasteiger charge is 2.26. The van der Waals surface area contributed by atoms with Crippen molar-refractivity contribution < 1.29 is 13.6 Å². The van der Waals surface area contributed by atoms with Crippen molar-refractivity contribution in [2.45, 2.75) is 6.42 Å². The molecule has 0 bridgehead atoms. The molecule has 26 heavy (non-hydrogen) atoms. The van der Waals surface area contributed by atoms with Crippen LogP contribution in [0.5, 0.6) is 0 Å². The molecular weight excluding hydrogens is 358 g/mol. The molecule has 130 valence electrons. The molecule has 1 aliphatic rings. The van der Waals surface area contributed by atoms with Crippen LogP contribution in [0.1, 0.15) is 15.9 Å². The highest BCUT2D eigenvalue weighted by atomic mass is 35.5. The van der Waals surface area contributed by atoms with Gasteiger partial charge < -0.3 is 4.90 Å². The van der Waals surface area contributed by atoms with Gasteiger partial charge in [-0.2, -0.15) is 0 Å². The first kappa shape index (κ1) is 16.7. The summed E-state index contributed by atoms with van der Waals surface area (Å²) in [6.45, 7) is 0.481. The van der Waals surface area contributed by atoms with Crippen molar-refractivity contribution in [3.05, 3.63) is 82.6 Å². The monoisotopic (exact) mass is 370 g/mol. The van der Waals surface area contributed by atoms with Gasteiger partial charge in [0, 0.05) is 35.0 Å². The third-order valence-electron chi connectivity index (χ3n) is 4.38. The molecule has 0 radical (unpaired) electrons. The van der Waals surface area contributed by atoms with E-state index in [1.165, 1.54) is 18.3 Å². The van der Waals surface area contributed by atoms with Crippen LogP contribution >= 0.6 is 11.6 Å². The Labute approximate surface area is 153 Å². The molecule has 0 saturated carbocycles. The number of hydrogen-bond donors (Lipinski definition) is 0. The van der Waals surface area contributed by atoms with Crippen LogP contribution in [0.4, 0.5) is 14.5 Å². The molecule has 1 aliphatic heterocycles. The molecule has 6 heteroatoms. The lowest BCUT2D eigenvalue weighted by molar-refractivity contribution is 0.0980. The van der Waals surface area contributed by atoms with Crippen molar-refractivity contribution in [3.63, 3.8) is 0 Å². The fourth-order valence-electron chi connectivity index (χ4n) is 3.16. The van der Waals surface area contributed by atoms with Crippen LogP contribution in [0.25, 0.3) is 11.1 Å². The third-order valence-corrected chi connectivity index (χ3v) is 4.61. The Morgan fingerprint density at radius 1 is 0.962 bits per heavy atom. The van der Waals surface area contributed by atoms with Crippen LogP contribution in [0.2, 0.25) is 5.02 Å². The second kappa shape index (κ2) is 6.50. The average molecular weight is 371 g/mol. The van der Waals surface area contributed by atoms with Crippen LogP contribution < -0.4 is 4.90 Å². The minimum Gasteiger partial charge on any atom is -0.306 e. The van der Waals surface area contributed by atoms with E-state index >= 15 is 0 Å². The molecule has 3 nitrogen and oxygen atoms in total. The number of nitrogens with zero attached hydrogens (tertiary/aromatic N) is 2. The minimum atomic E-state index is -0.662. The smallest absolute Gasteiger partial charge is 0.258 e. The molecule has 0 atom stereocenters. The Morgan fingerprint density at radius 2 is 1.73 bits per heavy atom. The number of benzene rings is 2. The van der Waals surface area contributed by atoms with Gasteiger partial charge in [0.15, 0.2) is 0 Å². The number of anilines is 1. The SMILES string of the molecule is O=C1c2ccc(Cl)cc2CCN1c1cncc(-c2cc(F)cc(F)c2)c1. The van der Waals surface area contributed by atoms with Crippen molar-refractivity contribution in [3.8, 4) is 11.1 Å². The molecule has 0 N–H and O–H groups in total. The zero-order valence-corrected chi connectivity index (χ0v) is 14.3. The summed E-state index contributed by atoms with van der Waals surface area (Å²) in [7, 11) is 0. The van der Waals surface area contributed by atoms with Gasteiger partial charge in [0.1, 0.15) is 11.6 Å². The number of amides is 1. The second-order valence-corrected chi connectivity index (χ2v) is 6.53. The lowest BCUT2D eigenvalue weighted by Gasteiger charge is -2.28. The number of fused-ring (bicyclic) bond motifs is 1. The van der Waals surface area contributed by atoms with E-state index in [1.807, 2.05) is 0 Å². The second-order valence-electron chi connectivity index (χ2n) is 6.10. The van der Waals surface area contributed by atoms with E-state index in [0.717, 1.165) is 11.6 Å². The van der Waals surface area contributed by atoms with E-state index < -0.39 is 11.6 Å². The zero-order chi connectivity index (χ0) is 18.3. The molecule has 1 amide bonds. The lowest BCUT2D eigenvalue weighted by Crippen LogP contribution is -2.37. The largest absolute Gasteiger partial charge is 0.306 e. The topological polar surface area (TPSA) is 33.2 Å². The number of rotatable bonds is 2. The predicted octanol–water partition coefficient (Wildman–Crippen LogP) is 4.88. The van der Waals surface area contributed by atoms with Gasteiger partial charge >= 0.3 is 0 Å². The highest BCUT2D eigenvalue weighted by molar-refractivity contribution is 6.30. The van der Waals surface area contributed by atoms with Gasteiger partial charge in [-0.1, -0.05) is 11.6 Å². The number of carbonyl (C=O) groups excluding carboxylic acids is 1. The number of pyridine rings is 1. The molecular formula is C20H13ClF2N2O. The molecule has 1 aromatic heterocycles. The third kappa shape index (κ3) is 3.06. The first-order valence-electron chi connectivity index (χ1n) is 8.03. The van der Waals surface area contributed by atoms with E-state index in [-0.39, 0.29) is 5.91 Å². The highest BCUT2D eigenvalue weighted by Crippen LogP contribution is 2.29. The van der Waals surface area contributed by atoms with Crippen LogP contribution in [-0.4, -0.2) is 17.4 Å². The van der Waals surface area contributed by atoms with Crippen LogP contribution in [0, 0.1) is 11.6 Å². The molecule has 2 heterocycles. The standard InChI is InChI=1S/C20H13ClF2N2O/c21-15-1-2-19-12(5-15)3-4-25(20(19)26)18-8-14(10-24-11-18)13-6-16(22)9-17(23)7-13/h1-2,5-11H,3-4H2. The summed E-state index contributed by atoms with van der Waals surface area (Å²) in [5.74, 6) is -1.47. The van der Waals surface area contributed by atoms with E-state index in [4.69, 9.17) is 11.6 Å². The zero-order valence-electron chi connectivity index (χ0n) is 13.5. The number of carbonyl (C=O) groups is 1. The molecule has 0 fully saturated rings. The van der Waals surface area contributed by atoms with Crippen molar-refractivity contribution in [1.82, 2.24) is 4.98 Å². The number of hydrogen-bond acceptors (Lipinski definition) is 2. The van der Waals surface area contributed by atoms with Crippen molar-refractivity contribution in [1.29, 1.82) is 0 Å². The Hall–Kier alpha value is -2.79. The minimum absolute atomic E-state index is 0.146. The first-order chi connectivity index (χ1) is 12.5. The summed E-state index contributed by atoms with van der Waals surface area (Å²) in [5, 5.41) is 0.599. The Morgan fingerprint density at radius 3 is 2.50 bits per heavy atom. The number of aromatic nitrogens is 1. The molecule has 0 unspecified atom stereocenters. The fraction of sp³-hybridized carbons (Fsp3) is 0.100. The van der Waals surface area contributed by atoms with E-state index in [9.17, 15) is 13.6 Å². The Balaban J connectivity index is 1.71. The van der Waals surface area contributed by atoms with E-state index in [2.05, 4.69) is 4.98 Å². The van der Waals surface area contributed by atoms with Crippen LogP contribution in [0.3, 0.4) is 0 Å². The fourth-order valence-corrected chi connectivity index (χ4v) is 3.35. The molecule has 0 saturated heterocycles. The Bertz CT molecular complexity index is 1000. The molecule has 3 aromatic rings. The van der Waals surface area contributed by atoms with Gasteiger partial charge in [0.2, 0.25) is 0 Å². The number of halogens is 3. The maximum absolute atomic E-state index is 13.5. The van der Waals surface area contributed by atoms with Crippen molar-refractivity contribution in [2.75, 3.05) is 11.4 Å². The van der Waals surface area contributed by atoms with Gasteiger partial charge in [0.05, 0.1) is 11.9 Å². The first-order valence-corrected chi connectivity index (χ1v) is 8.41. The summed E-state index contributed by atoms with van der Waals surface area (Å²) in [6.07, 6.45) is 3.75. The normalized spacial score (nSPS) is 13.7. The van der Waals surface area contributed by atoms with Gasteiger partial charge in [-0.25, -0.2) is 8.78 Å². The maximum Gasteiger partial charge on any atom is 0.258 e. The average Bonchev–Trinajstić information content (AvgIpc) is 2.61. The maximum atomic E-state index is 13.5. The van der Waals surface area contributed by atoms with Crippen LogP contribution in [-0.2, 0) is 6.42 Å². The summed E-state index contributed by atoms with van der Waals surface area (Å²) in [4.78, 5) is 18.6. The summed E-state index contributed by atoms with van der Waals surface area (Å²) in [6, 6.07) is 10.2. The van der Waals surface area contributed by atoms with Crippen molar-refractivity contribution >= 4 is 23.2 Å². The summed E-state index contributed by atoms with van der Waals surface area (Å²) in [5.41, 5.74) is 3.00. The van der Waals surface area contributed by atoms with Crippen LogP contribution in [0.15, 0.2) is 54.9 Å². The predicted molar refractivity (Wildman–Crippen MR) is 96.4 cm³/mol. The summed E-state index contributed by atoms with van der Waals surface area (Å²) >= 11 is 6.00. The summed E-state index contributed by atoms with van der Waals surface area (Å²) < 4.78 is 27.0. The Kier molecular flexibility index (Phi) is 4.17. The quantitative estimate of drug-likeness (QED) is 0.644. The molecule has 4 rings (SSSR count).